The van der Waals surface area contributed by atoms with Gasteiger partial charge in [0.15, 0.2) is 17.0 Å². The summed E-state index contributed by atoms with van der Waals surface area (Å²) in [5.41, 5.74) is 1.50. The van der Waals surface area contributed by atoms with E-state index in [2.05, 4.69) is 46.4 Å². The summed E-state index contributed by atoms with van der Waals surface area (Å²) in [5.74, 6) is 1.20. The van der Waals surface area contributed by atoms with Gasteiger partial charge < -0.3 is 5.32 Å². The zero-order valence-electron chi connectivity index (χ0n) is 9.97. The Bertz CT molecular complexity index is 489. The normalized spacial score (nSPS) is 13.3. The minimum absolute atomic E-state index is 0.268. The van der Waals surface area contributed by atoms with E-state index in [1.54, 1.807) is 0 Å². The Balaban J connectivity index is 2.57. The maximum Gasteiger partial charge on any atom is 0.184 e. The van der Waals surface area contributed by atoms with Crippen LogP contribution in [0.4, 0.5) is 5.82 Å². The lowest BCUT2D eigenvalue weighted by molar-refractivity contribution is 0.375. The average molecular weight is 220 g/mol. The van der Waals surface area contributed by atoms with Crippen LogP contribution in [0.5, 0.6) is 0 Å². The Hall–Kier alpha value is -1.72. The highest BCUT2D eigenvalue weighted by molar-refractivity contribution is 5.81. The van der Waals surface area contributed by atoms with Crippen LogP contribution in [0.25, 0.3) is 11.2 Å². The molecule has 0 amide bonds. The van der Waals surface area contributed by atoms with Gasteiger partial charge in [-0.25, -0.2) is 14.6 Å². The number of aromatic nitrogens is 5. The Morgan fingerprint density at radius 2 is 2.00 bits per heavy atom. The summed E-state index contributed by atoms with van der Waals surface area (Å²) >= 11 is 0. The molecular formula is C10H16N6. The Morgan fingerprint density at radius 1 is 1.25 bits per heavy atom. The molecule has 0 radical (unpaired) electrons. The predicted octanol–water partition coefficient (Wildman–Crippen LogP) is 1.48. The molecule has 0 aliphatic heterocycles. The minimum atomic E-state index is 0.268. The summed E-state index contributed by atoms with van der Waals surface area (Å²) in [6.07, 6.45) is 1.53. The molecule has 6 heteroatoms. The molecule has 0 saturated heterocycles. The van der Waals surface area contributed by atoms with Crippen molar-refractivity contribution < 1.29 is 0 Å². The number of rotatable bonds is 3. The van der Waals surface area contributed by atoms with Gasteiger partial charge >= 0.3 is 0 Å². The van der Waals surface area contributed by atoms with Crippen molar-refractivity contribution in [2.45, 2.75) is 26.8 Å². The molecule has 1 N–H and O–H groups in total. The summed E-state index contributed by atoms with van der Waals surface area (Å²) in [4.78, 5) is 8.34. The molecule has 16 heavy (non-hydrogen) atoms. The second kappa shape index (κ2) is 4.03. The summed E-state index contributed by atoms with van der Waals surface area (Å²) in [7, 11) is 1.81. The molecule has 0 aliphatic carbocycles. The van der Waals surface area contributed by atoms with Crippen LogP contribution in [0.15, 0.2) is 6.33 Å². The Morgan fingerprint density at radius 3 is 2.62 bits per heavy atom. The molecule has 0 aliphatic rings. The van der Waals surface area contributed by atoms with Crippen LogP contribution in [-0.2, 0) is 0 Å². The first-order valence-electron chi connectivity index (χ1n) is 5.38. The van der Waals surface area contributed by atoms with Gasteiger partial charge in [-0.15, -0.1) is 5.10 Å². The molecule has 1 atom stereocenters. The zero-order chi connectivity index (χ0) is 11.7. The Kier molecular flexibility index (Phi) is 2.72. The first-order valence-corrected chi connectivity index (χ1v) is 5.38. The fourth-order valence-electron chi connectivity index (χ4n) is 1.50. The van der Waals surface area contributed by atoms with E-state index in [0.29, 0.717) is 11.7 Å². The van der Waals surface area contributed by atoms with E-state index in [1.807, 2.05) is 11.7 Å². The molecule has 1 unspecified atom stereocenters. The molecule has 2 rings (SSSR count). The maximum atomic E-state index is 4.24. The van der Waals surface area contributed by atoms with Crippen molar-refractivity contribution >= 4 is 17.0 Å². The number of fused-ring (bicyclic) bond motifs is 1. The Labute approximate surface area is 94.1 Å². The van der Waals surface area contributed by atoms with Crippen molar-refractivity contribution in [1.82, 2.24) is 25.0 Å². The molecule has 6 nitrogen and oxygen atoms in total. The standard InChI is InChI=1S/C10H16N6/c1-6(2)7(3)16-10-8(14-15-16)9(11-4)12-5-13-10/h5-7H,1-4H3,(H,11,12,13). The zero-order valence-corrected chi connectivity index (χ0v) is 9.97. The van der Waals surface area contributed by atoms with Crippen molar-refractivity contribution in [2.75, 3.05) is 12.4 Å². The molecule has 0 spiro atoms. The van der Waals surface area contributed by atoms with Gasteiger partial charge in [0.05, 0.1) is 6.04 Å². The van der Waals surface area contributed by atoms with Crippen LogP contribution in [0.2, 0.25) is 0 Å². The molecule has 0 saturated carbocycles. The molecule has 86 valence electrons. The van der Waals surface area contributed by atoms with E-state index in [-0.39, 0.29) is 6.04 Å². The summed E-state index contributed by atoms with van der Waals surface area (Å²) in [5, 5.41) is 11.3. The molecule has 2 aromatic rings. The third-order valence-corrected chi connectivity index (χ3v) is 2.85. The topological polar surface area (TPSA) is 68.5 Å². The van der Waals surface area contributed by atoms with Crippen LogP contribution in [0, 0.1) is 5.92 Å². The van der Waals surface area contributed by atoms with Gasteiger partial charge in [0.25, 0.3) is 0 Å². The first-order chi connectivity index (χ1) is 7.65. The van der Waals surface area contributed by atoms with Crippen LogP contribution in [0.3, 0.4) is 0 Å². The van der Waals surface area contributed by atoms with E-state index in [1.165, 1.54) is 6.33 Å². The van der Waals surface area contributed by atoms with Gasteiger partial charge in [-0.2, -0.15) is 0 Å². The van der Waals surface area contributed by atoms with Crippen molar-refractivity contribution in [2.24, 2.45) is 5.92 Å². The van der Waals surface area contributed by atoms with E-state index >= 15 is 0 Å². The summed E-state index contributed by atoms with van der Waals surface area (Å²) in [6, 6.07) is 0.268. The van der Waals surface area contributed by atoms with E-state index in [9.17, 15) is 0 Å². The summed E-state index contributed by atoms with van der Waals surface area (Å²) in [6.45, 7) is 6.41. The molecule has 0 aromatic carbocycles. The van der Waals surface area contributed by atoms with Crippen LogP contribution in [-0.4, -0.2) is 32.0 Å². The van der Waals surface area contributed by atoms with Crippen molar-refractivity contribution in [1.29, 1.82) is 0 Å². The SMILES string of the molecule is CNc1ncnc2c1nnn2C(C)C(C)C. The molecule has 0 bridgehead atoms. The second-order valence-electron chi connectivity index (χ2n) is 4.16. The van der Waals surface area contributed by atoms with Gasteiger partial charge in [0.2, 0.25) is 0 Å². The lowest BCUT2D eigenvalue weighted by Crippen LogP contribution is -2.13. The highest BCUT2D eigenvalue weighted by Crippen LogP contribution is 2.22. The van der Waals surface area contributed by atoms with E-state index < -0.39 is 0 Å². The van der Waals surface area contributed by atoms with Gasteiger partial charge in [0.1, 0.15) is 6.33 Å². The number of nitrogens with one attached hydrogen (secondary N) is 1. The molecular weight excluding hydrogens is 204 g/mol. The third kappa shape index (κ3) is 1.60. The third-order valence-electron chi connectivity index (χ3n) is 2.85. The van der Waals surface area contributed by atoms with E-state index in [4.69, 9.17) is 0 Å². The molecule has 2 heterocycles. The molecule has 0 fully saturated rings. The first kappa shape index (κ1) is 10.8. The van der Waals surface area contributed by atoms with Gasteiger partial charge in [-0.1, -0.05) is 19.1 Å². The van der Waals surface area contributed by atoms with Crippen molar-refractivity contribution in [3.8, 4) is 0 Å². The van der Waals surface area contributed by atoms with Gasteiger partial charge in [0, 0.05) is 7.05 Å². The van der Waals surface area contributed by atoms with Crippen LogP contribution < -0.4 is 5.32 Å². The number of anilines is 1. The van der Waals surface area contributed by atoms with Crippen LogP contribution in [0.1, 0.15) is 26.8 Å². The van der Waals surface area contributed by atoms with E-state index in [0.717, 1.165) is 11.2 Å². The quantitative estimate of drug-likeness (QED) is 0.848. The van der Waals surface area contributed by atoms with Crippen molar-refractivity contribution in [3.05, 3.63) is 6.33 Å². The number of hydrogen-bond donors (Lipinski definition) is 1. The van der Waals surface area contributed by atoms with Crippen molar-refractivity contribution in [3.63, 3.8) is 0 Å². The molecule has 2 aromatic heterocycles. The lowest BCUT2D eigenvalue weighted by atomic mass is 10.1. The second-order valence-corrected chi connectivity index (χ2v) is 4.16. The smallest absolute Gasteiger partial charge is 0.184 e. The van der Waals surface area contributed by atoms with Gasteiger partial charge in [-0.05, 0) is 12.8 Å². The average Bonchev–Trinajstić information content (AvgIpc) is 2.71. The minimum Gasteiger partial charge on any atom is -0.371 e. The number of nitrogens with zero attached hydrogens (tertiary/aromatic N) is 5. The predicted molar refractivity (Wildman–Crippen MR) is 62.2 cm³/mol. The van der Waals surface area contributed by atoms with Crippen LogP contribution >= 0.6 is 0 Å². The summed E-state index contributed by atoms with van der Waals surface area (Å²) < 4.78 is 1.85. The highest BCUT2D eigenvalue weighted by Gasteiger charge is 2.17. The highest BCUT2D eigenvalue weighted by atomic mass is 15.5. The number of hydrogen-bond acceptors (Lipinski definition) is 5. The lowest BCUT2D eigenvalue weighted by Gasteiger charge is -2.15. The largest absolute Gasteiger partial charge is 0.371 e. The fourth-order valence-corrected chi connectivity index (χ4v) is 1.50. The van der Waals surface area contributed by atoms with Gasteiger partial charge in [-0.3, -0.25) is 0 Å². The monoisotopic (exact) mass is 220 g/mol. The maximum absolute atomic E-state index is 4.24. The fraction of sp³-hybridized carbons (Fsp3) is 0.600.